The summed E-state index contributed by atoms with van der Waals surface area (Å²) in [5.74, 6) is -1.66. The Bertz CT molecular complexity index is 952. The predicted molar refractivity (Wildman–Crippen MR) is 97.5 cm³/mol. The third-order valence-corrected chi connectivity index (χ3v) is 5.10. The number of hydrogen-bond acceptors (Lipinski definition) is 7. The molecule has 2 aromatic rings. The summed E-state index contributed by atoms with van der Waals surface area (Å²) in [5.41, 5.74) is 0.739. The second kappa shape index (κ2) is 7.34. The Kier molecular flexibility index (Phi) is 4.71. The van der Waals surface area contributed by atoms with Crippen LogP contribution in [0.1, 0.15) is 5.56 Å². The van der Waals surface area contributed by atoms with E-state index in [1.807, 2.05) is 30.3 Å². The molecule has 29 heavy (non-hydrogen) atoms. The molecule has 1 saturated heterocycles. The van der Waals surface area contributed by atoms with E-state index in [0.717, 1.165) is 5.56 Å². The number of nitrogens with zero attached hydrogens (tertiary/aromatic N) is 2. The number of piperidine rings is 1. The van der Waals surface area contributed by atoms with Crippen LogP contribution >= 0.6 is 0 Å². The Morgan fingerprint density at radius 2 is 1.62 bits per heavy atom. The molecule has 1 aliphatic carbocycles. The van der Waals surface area contributed by atoms with Crippen LogP contribution in [0.15, 0.2) is 54.6 Å². The molecule has 0 unspecified atom stereocenters. The van der Waals surface area contributed by atoms with Crippen molar-refractivity contribution >= 4 is 23.7 Å². The fourth-order valence-electron chi connectivity index (χ4n) is 3.57. The smallest absolute Gasteiger partial charge is 0.434 e. The molecule has 1 heterocycles. The predicted octanol–water partition coefficient (Wildman–Crippen LogP) is 2.54. The van der Waals surface area contributed by atoms with Crippen molar-refractivity contribution in [3.8, 4) is 5.75 Å². The minimum atomic E-state index is -0.995. The lowest BCUT2D eigenvalue weighted by molar-refractivity contribution is -0.384. The first-order chi connectivity index (χ1) is 14.0. The fourth-order valence-corrected chi connectivity index (χ4v) is 3.57. The number of likely N-dealkylation sites (tertiary alicyclic amines) is 1. The minimum Gasteiger partial charge on any atom is -0.434 e. The van der Waals surface area contributed by atoms with Crippen molar-refractivity contribution in [1.82, 2.24) is 4.90 Å². The number of rotatable bonds is 6. The highest BCUT2D eigenvalue weighted by Crippen LogP contribution is 2.53. The van der Waals surface area contributed by atoms with Gasteiger partial charge >= 0.3 is 6.16 Å². The largest absolute Gasteiger partial charge is 0.513 e. The second-order valence-electron chi connectivity index (χ2n) is 6.88. The van der Waals surface area contributed by atoms with Crippen molar-refractivity contribution in [2.75, 3.05) is 6.61 Å². The Morgan fingerprint density at radius 1 is 1.00 bits per heavy atom. The third-order valence-electron chi connectivity index (χ3n) is 5.10. The van der Waals surface area contributed by atoms with Crippen LogP contribution in [-0.2, 0) is 20.9 Å². The van der Waals surface area contributed by atoms with Gasteiger partial charge in [-0.2, -0.15) is 0 Å². The standard InChI is InChI=1S/C20H16N2O7/c23-18-16-15(17(16)19(24)21(18)10-12-4-2-1-3-5-12)11-28-20(25)29-14-8-6-13(7-9-14)22(26)27/h1-9,15-17H,10-11H2/t15-,16-,17+. The van der Waals surface area contributed by atoms with E-state index < -0.39 is 22.9 Å². The first-order valence-electron chi connectivity index (χ1n) is 8.94. The summed E-state index contributed by atoms with van der Waals surface area (Å²) < 4.78 is 9.96. The molecule has 9 nitrogen and oxygen atoms in total. The zero-order valence-corrected chi connectivity index (χ0v) is 15.1. The van der Waals surface area contributed by atoms with Gasteiger partial charge in [-0.3, -0.25) is 24.6 Å². The van der Waals surface area contributed by atoms with E-state index >= 15 is 0 Å². The van der Waals surface area contributed by atoms with E-state index in [4.69, 9.17) is 9.47 Å². The Morgan fingerprint density at radius 3 is 2.21 bits per heavy atom. The van der Waals surface area contributed by atoms with Crippen molar-refractivity contribution in [2.45, 2.75) is 6.54 Å². The number of ether oxygens (including phenoxy) is 2. The van der Waals surface area contributed by atoms with Crippen LogP contribution in [0.25, 0.3) is 0 Å². The molecule has 2 amide bonds. The molecule has 1 aliphatic heterocycles. The summed E-state index contributed by atoms with van der Waals surface area (Å²) in [6, 6.07) is 14.2. The van der Waals surface area contributed by atoms with Crippen molar-refractivity contribution in [3.63, 3.8) is 0 Å². The van der Waals surface area contributed by atoms with Crippen LogP contribution in [0.4, 0.5) is 10.5 Å². The summed E-state index contributed by atoms with van der Waals surface area (Å²) in [5, 5.41) is 10.6. The minimum absolute atomic E-state index is 0.0952. The number of imide groups is 1. The van der Waals surface area contributed by atoms with Crippen LogP contribution in [-0.4, -0.2) is 34.4 Å². The molecular weight excluding hydrogens is 380 g/mol. The average molecular weight is 396 g/mol. The molecule has 4 rings (SSSR count). The van der Waals surface area contributed by atoms with Crippen LogP contribution < -0.4 is 4.74 Å². The molecule has 0 aromatic heterocycles. The maximum absolute atomic E-state index is 12.5. The van der Waals surface area contributed by atoms with E-state index in [1.165, 1.54) is 29.2 Å². The van der Waals surface area contributed by atoms with Gasteiger partial charge in [0.1, 0.15) is 5.75 Å². The van der Waals surface area contributed by atoms with Gasteiger partial charge in [-0.15, -0.1) is 0 Å². The molecule has 0 spiro atoms. The summed E-state index contributed by atoms with van der Waals surface area (Å²) in [6.45, 7) is 0.138. The molecular formula is C20H16N2O7. The van der Waals surface area contributed by atoms with Crippen LogP contribution in [0.5, 0.6) is 5.75 Å². The SMILES string of the molecule is O=C(OC[C@@H]1[C@H]2C(=O)N(Cc3ccccc3)C(=O)[C@@H]12)Oc1ccc([N+](=O)[O-])cc1. The van der Waals surface area contributed by atoms with Gasteiger partial charge in [0.2, 0.25) is 11.8 Å². The quantitative estimate of drug-likeness (QED) is 0.242. The zero-order chi connectivity index (χ0) is 20.5. The fraction of sp³-hybridized carbons (Fsp3) is 0.250. The number of fused-ring (bicyclic) bond motifs is 1. The maximum atomic E-state index is 12.5. The van der Waals surface area contributed by atoms with Gasteiger partial charge < -0.3 is 9.47 Å². The summed E-state index contributed by atoms with van der Waals surface area (Å²) in [7, 11) is 0. The van der Waals surface area contributed by atoms with Gasteiger partial charge in [0.25, 0.3) is 5.69 Å². The number of carbonyl (C=O) groups excluding carboxylic acids is 3. The summed E-state index contributed by atoms with van der Waals surface area (Å²) >= 11 is 0. The van der Waals surface area contributed by atoms with E-state index in [2.05, 4.69) is 0 Å². The maximum Gasteiger partial charge on any atom is 0.513 e. The highest BCUT2D eigenvalue weighted by Gasteiger charge is 2.67. The van der Waals surface area contributed by atoms with Gasteiger partial charge in [0.15, 0.2) is 0 Å². The first-order valence-corrected chi connectivity index (χ1v) is 8.94. The Hall–Kier alpha value is -3.75. The lowest BCUT2D eigenvalue weighted by Gasteiger charge is -2.18. The zero-order valence-electron chi connectivity index (χ0n) is 15.1. The molecule has 0 bridgehead atoms. The summed E-state index contributed by atoms with van der Waals surface area (Å²) in [6.07, 6.45) is -0.995. The van der Waals surface area contributed by atoms with Crippen LogP contribution in [0.2, 0.25) is 0 Å². The van der Waals surface area contributed by atoms with E-state index in [9.17, 15) is 24.5 Å². The molecule has 2 aromatic carbocycles. The second-order valence-corrected chi connectivity index (χ2v) is 6.88. The molecule has 0 N–H and O–H groups in total. The molecule has 1 saturated carbocycles. The number of non-ortho nitro benzene ring substituents is 1. The van der Waals surface area contributed by atoms with Gasteiger partial charge in [-0.05, 0) is 17.7 Å². The number of hydrogen-bond donors (Lipinski definition) is 0. The van der Waals surface area contributed by atoms with Crippen molar-refractivity contribution in [3.05, 3.63) is 70.3 Å². The van der Waals surface area contributed by atoms with Crippen molar-refractivity contribution in [2.24, 2.45) is 17.8 Å². The Balaban J connectivity index is 1.27. The van der Waals surface area contributed by atoms with Gasteiger partial charge in [-0.1, -0.05) is 30.3 Å². The van der Waals surface area contributed by atoms with Crippen molar-refractivity contribution in [1.29, 1.82) is 0 Å². The van der Waals surface area contributed by atoms with Gasteiger partial charge in [-0.25, -0.2) is 4.79 Å². The summed E-state index contributed by atoms with van der Waals surface area (Å²) in [4.78, 5) is 48.0. The van der Waals surface area contributed by atoms with Gasteiger partial charge in [0, 0.05) is 18.1 Å². The number of nitro groups is 1. The van der Waals surface area contributed by atoms with Crippen LogP contribution in [0.3, 0.4) is 0 Å². The molecule has 2 fully saturated rings. The van der Waals surface area contributed by atoms with Gasteiger partial charge in [0.05, 0.1) is 29.9 Å². The number of benzene rings is 2. The highest BCUT2D eigenvalue weighted by atomic mass is 16.7. The highest BCUT2D eigenvalue weighted by molar-refractivity contribution is 6.09. The van der Waals surface area contributed by atoms with E-state index in [1.54, 1.807) is 0 Å². The first kappa shape index (κ1) is 18.6. The lowest BCUT2D eigenvalue weighted by atomic mass is 10.2. The normalized spacial score (nSPS) is 22.2. The van der Waals surface area contributed by atoms with E-state index in [0.29, 0.717) is 0 Å². The molecule has 0 radical (unpaired) electrons. The number of amides is 2. The number of carbonyl (C=O) groups is 3. The average Bonchev–Trinajstić information content (AvgIpc) is 3.39. The third kappa shape index (κ3) is 3.66. The number of nitro benzene ring substituents is 1. The van der Waals surface area contributed by atoms with Crippen LogP contribution in [0, 0.1) is 27.9 Å². The Labute approximate surface area is 165 Å². The lowest BCUT2D eigenvalue weighted by Crippen LogP contribution is -2.34. The molecule has 148 valence electrons. The molecule has 3 atom stereocenters. The molecule has 9 heteroatoms. The monoisotopic (exact) mass is 396 g/mol. The van der Waals surface area contributed by atoms with Crippen molar-refractivity contribution < 1.29 is 28.8 Å². The molecule has 2 aliphatic rings. The van der Waals surface area contributed by atoms with E-state index in [-0.39, 0.29) is 42.3 Å². The topological polar surface area (TPSA) is 116 Å².